The van der Waals surface area contributed by atoms with Gasteiger partial charge in [0.1, 0.15) is 4.47 Å². The molecule has 0 atom stereocenters. The molecule has 118 valence electrons. The molecular weight excluding hydrogens is 408 g/mol. The van der Waals surface area contributed by atoms with Gasteiger partial charge in [-0.1, -0.05) is 35.3 Å². The van der Waals surface area contributed by atoms with E-state index in [1.165, 1.54) is 10.6 Å². The predicted molar refractivity (Wildman–Crippen MR) is 94.6 cm³/mol. The first-order valence-corrected chi connectivity index (χ1v) is 8.03. The third-order valence-corrected chi connectivity index (χ3v) is 4.67. The van der Waals surface area contributed by atoms with Crippen LogP contribution in [0.5, 0.6) is 0 Å². The maximum Gasteiger partial charge on any atom is 0.273 e. The summed E-state index contributed by atoms with van der Waals surface area (Å²) in [5, 5.41) is 3.33. The normalized spacial score (nSPS) is 11.0. The van der Waals surface area contributed by atoms with Crippen molar-refractivity contribution in [1.82, 2.24) is 9.55 Å². The Hall–Kier alpha value is -1.63. The third-order valence-electron chi connectivity index (χ3n) is 3.35. The average molecular weight is 417 g/mol. The zero-order valence-electron chi connectivity index (χ0n) is 11.7. The Morgan fingerprint density at radius 2 is 2.00 bits per heavy atom. The van der Waals surface area contributed by atoms with Gasteiger partial charge in [0.25, 0.3) is 5.56 Å². The van der Waals surface area contributed by atoms with Gasteiger partial charge in [-0.2, -0.15) is 0 Å². The van der Waals surface area contributed by atoms with Crippen LogP contribution in [0.25, 0.3) is 16.7 Å². The number of benzene rings is 1. The summed E-state index contributed by atoms with van der Waals surface area (Å²) >= 11 is 15.3. The van der Waals surface area contributed by atoms with E-state index in [4.69, 9.17) is 23.2 Å². The largest absolute Gasteiger partial charge is 0.386 e. The van der Waals surface area contributed by atoms with E-state index in [2.05, 4.69) is 26.2 Å². The second kappa shape index (κ2) is 6.11. The molecule has 0 saturated heterocycles. The number of hydrogen-bond acceptors (Lipinski definition) is 3. The number of nitrogens with zero attached hydrogens (tertiary/aromatic N) is 2. The molecule has 0 radical (unpaired) electrons. The van der Waals surface area contributed by atoms with Gasteiger partial charge in [-0.3, -0.25) is 9.36 Å². The third kappa shape index (κ3) is 2.60. The van der Waals surface area contributed by atoms with Gasteiger partial charge in [-0.15, -0.1) is 0 Å². The lowest BCUT2D eigenvalue weighted by atomic mass is 10.2. The SMILES string of the molecule is CNc1c(Br)c(=O)n(-c2ccccc2Cl)c2nc(Cl)c(F)cc12. The first-order chi connectivity index (χ1) is 11.0. The average Bonchev–Trinajstić information content (AvgIpc) is 2.53. The van der Waals surface area contributed by atoms with Crippen LogP contribution in [0, 0.1) is 5.82 Å². The molecule has 0 saturated carbocycles. The van der Waals surface area contributed by atoms with E-state index in [1.807, 2.05) is 0 Å². The Kier molecular flexibility index (Phi) is 4.31. The zero-order chi connectivity index (χ0) is 16.7. The van der Waals surface area contributed by atoms with Crippen molar-refractivity contribution in [1.29, 1.82) is 0 Å². The highest BCUT2D eigenvalue weighted by Gasteiger charge is 2.19. The number of nitrogens with one attached hydrogen (secondary N) is 1. The Morgan fingerprint density at radius 1 is 1.30 bits per heavy atom. The van der Waals surface area contributed by atoms with E-state index >= 15 is 0 Å². The minimum absolute atomic E-state index is 0.210. The number of hydrogen-bond donors (Lipinski definition) is 1. The fourth-order valence-corrected chi connectivity index (χ4v) is 3.28. The van der Waals surface area contributed by atoms with Gasteiger partial charge in [0.15, 0.2) is 16.6 Å². The van der Waals surface area contributed by atoms with E-state index in [-0.39, 0.29) is 20.8 Å². The van der Waals surface area contributed by atoms with Crippen LogP contribution in [-0.4, -0.2) is 16.6 Å². The molecule has 3 rings (SSSR count). The van der Waals surface area contributed by atoms with Gasteiger partial charge in [-0.25, -0.2) is 9.37 Å². The summed E-state index contributed by atoms with van der Waals surface area (Å²) in [7, 11) is 1.63. The molecule has 0 aliphatic heterocycles. The summed E-state index contributed by atoms with van der Waals surface area (Å²) in [5.41, 5.74) is 0.686. The van der Waals surface area contributed by atoms with Gasteiger partial charge in [-0.05, 0) is 34.1 Å². The summed E-state index contributed by atoms with van der Waals surface area (Å²) in [6.07, 6.45) is 0. The lowest BCUT2D eigenvalue weighted by molar-refractivity contribution is 0.624. The van der Waals surface area contributed by atoms with Gasteiger partial charge in [0.2, 0.25) is 0 Å². The molecule has 8 heteroatoms. The van der Waals surface area contributed by atoms with Crippen LogP contribution >= 0.6 is 39.1 Å². The highest BCUT2D eigenvalue weighted by Crippen LogP contribution is 2.32. The van der Waals surface area contributed by atoms with Crippen molar-refractivity contribution >= 4 is 55.9 Å². The van der Waals surface area contributed by atoms with Gasteiger partial charge < -0.3 is 5.32 Å². The van der Waals surface area contributed by atoms with Crippen LogP contribution in [0.1, 0.15) is 0 Å². The number of anilines is 1. The van der Waals surface area contributed by atoms with Crippen LogP contribution in [0.15, 0.2) is 39.6 Å². The van der Waals surface area contributed by atoms with Gasteiger partial charge in [0.05, 0.1) is 16.4 Å². The molecule has 0 fully saturated rings. The highest BCUT2D eigenvalue weighted by atomic mass is 79.9. The van der Waals surface area contributed by atoms with Crippen molar-refractivity contribution in [3.63, 3.8) is 0 Å². The molecule has 0 aliphatic rings. The number of halogens is 4. The minimum Gasteiger partial charge on any atom is -0.386 e. The highest BCUT2D eigenvalue weighted by molar-refractivity contribution is 9.10. The Balaban J connectivity index is 2.57. The standard InChI is InChI=1S/C15H9BrCl2FN3O/c1-20-12-7-6-9(19)13(18)21-14(7)22(15(23)11(12)16)10-5-3-2-4-8(10)17/h2-6,20H,1H3. The van der Waals surface area contributed by atoms with Crippen LogP contribution in [-0.2, 0) is 0 Å². The Labute approximate surface area is 149 Å². The smallest absolute Gasteiger partial charge is 0.273 e. The number of rotatable bonds is 2. The molecule has 0 amide bonds. The van der Waals surface area contributed by atoms with Gasteiger partial charge >= 0.3 is 0 Å². The maximum absolute atomic E-state index is 13.9. The molecule has 2 aromatic heterocycles. The molecule has 4 nitrogen and oxygen atoms in total. The van der Waals surface area contributed by atoms with Crippen molar-refractivity contribution < 1.29 is 4.39 Å². The molecule has 1 aromatic carbocycles. The summed E-state index contributed by atoms with van der Waals surface area (Å²) in [6, 6.07) is 8.04. The van der Waals surface area contributed by atoms with E-state index in [0.29, 0.717) is 21.8 Å². The van der Waals surface area contributed by atoms with Crippen molar-refractivity contribution in [2.45, 2.75) is 0 Å². The Morgan fingerprint density at radius 3 is 2.65 bits per heavy atom. The second-order valence-corrected chi connectivity index (χ2v) is 6.22. The van der Waals surface area contributed by atoms with Gasteiger partial charge in [0, 0.05) is 12.4 Å². The van der Waals surface area contributed by atoms with Crippen LogP contribution in [0.2, 0.25) is 10.2 Å². The van der Waals surface area contributed by atoms with Crippen molar-refractivity contribution in [3.05, 3.63) is 61.2 Å². The Bertz CT molecular complexity index is 991. The van der Waals surface area contributed by atoms with Crippen LogP contribution in [0.4, 0.5) is 10.1 Å². The van der Waals surface area contributed by atoms with E-state index in [9.17, 15) is 9.18 Å². The van der Waals surface area contributed by atoms with E-state index in [0.717, 1.165) is 0 Å². The summed E-state index contributed by atoms with van der Waals surface area (Å²) in [6.45, 7) is 0. The fraction of sp³-hybridized carbons (Fsp3) is 0.0667. The quantitative estimate of drug-likeness (QED) is 0.619. The molecule has 1 N–H and O–H groups in total. The minimum atomic E-state index is -0.674. The summed E-state index contributed by atoms with van der Waals surface area (Å²) < 4.78 is 15.4. The number of para-hydroxylation sites is 1. The van der Waals surface area contributed by atoms with E-state index < -0.39 is 5.82 Å². The number of aromatic nitrogens is 2. The van der Waals surface area contributed by atoms with Crippen LogP contribution < -0.4 is 10.9 Å². The lowest BCUT2D eigenvalue weighted by Crippen LogP contribution is -2.22. The number of pyridine rings is 2. The predicted octanol–water partition coefficient (Wildman–Crippen LogP) is 4.64. The molecule has 3 aromatic rings. The molecule has 0 unspecified atom stereocenters. The number of fused-ring (bicyclic) bond motifs is 1. The lowest BCUT2D eigenvalue weighted by Gasteiger charge is -2.15. The van der Waals surface area contributed by atoms with Crippen LogP contribution in [0.3, 0.4) is 0 Å². The zero-order valence-corrected chi connectivity index (χ0v) is 14.8. The molecule has 0 bridgehead atoms. The summed E-state index contributed by atoms with van der Waals surface area (Å²) in [5.74, 6) is -0.674. The monoisotopic (exact) mass is 415 g/mol. The second-order valence-electron chi connectivity index (χ2n) is 4.66. The molecule has 0 aliphatic carbocycles. The first-order valence-electron chi connectivity index (χ1n) is 6.48. The van der Waals surface area contributed by atoms with Crippen molar-refractivity contribution in [2.75, 3.05) is 12.4 Å². The van der Waals surface area contributed by atoms with E-state index in [1.54, 1.807) is 31.3 Å². The topological polar surface area (TPSA) is 46.9 Å². The molecule has 2 heterocycles. The maximum atomic E-state index is 13.9. The molecule has 0 spiro atoms. The fourth-order valence-electron chi connectivity index (χ4n) is 2.33. The molecular formula is C15H9BrCl2FN3O. The van der Waals surface area contributed by atoms with Crippen molar-refractivity contribution in [2.24, 2.45) is 0 Å². The summed E-state index contributed by atoms with van der Waals surface area (Å²) in [4.78, 5) is 16.8. The van der Waals surface area contributed by atoms with Crippen molar-refractivity contribution in [3.8, 4) is 5.69 Å². The molecule has 23 heavy (non-hydrogen) atoms. The first kappa shape index (κ1) is 16.2.